The molecule has 2 aromatic heterocycles. The van der Waals surface area contributed by atoms with E-state index >= 15 is 0 Å². The molecule has 2 heterocycles. The third-order valence-corrected chi connectivity index (χ3v) is 2.43. The number of pyridine rings is 1. The normalized spacial score (nSPS) is 12.7. The first-order valence-corrected chi connectivity index (χ1v) is 5.07. The number of nitrogens with zero attached hydrogens (tertiary/aromatic N) is 2. The van der Waals surface area contributed by atoms with Crippen molar-refractivity contribution in [2.24, 2.45) is 5.73 Å². The van der Waals surface area contributed by atoms with Crippen LogP contribution in [0.1, 0.15) is 24.2 Å². The maximum Gasteiger partial charge on any atom is 0.0474 e. The van der Waals surface area contributed by atoms with Crippen molar-refractivity contribution in [3.8, 4) is 0 Å². The molecule has 3 nitrogen and oxygen atoms in total. The van der Waals surface area contributed by atoms with Crippen molar-refractivity contribution >= 4 is 0 Å². The van der Waals surface area contributed by atoms with E-state index in [-0.39, 0.29) is 6.04 Å². The molecule has 0 amide bonds. The molecular formula is C12H15N3. The predicted octanol–water partition coefficient (Wildman–Crippen LogP) is 1.95. The van der Waals surface area contributed by atoms with Crippen LogP contribution < -0.4 is 5.73 Å². The van der Waals surface area contributed by atoms with Gasteiger partial charge in [0, 0.05) is 36.9 Å². The van der Waals surface area contributed by atoms with Gasteiger partial charge >= 0.3 is 0 Å². The van der Waals surface area contributed by atoms with Gasteiger partial charge in [-0.25, -0.2) is 0 Å². The van der Waals surface area contributed by atoms with Gasteiger partial charge in [0.15, 0.2) is 0 Å². The van der Waals surface area contributed by atoms with E-state index in [0.717, 1.165) is 12.2 Å². The second-order valence-corrected chi connectivity index (χ2v) is 3.71. The maximum absolute atomic E-state index is 5.88. The summed E-state index contributed by atoms with van der Waals surface area (Å²) in [6.45, 7) is 2.85. The zero-order valence-corrected chi connectivity index (χ0v) is 8.80. The minimum atomic E-state index is 0.0711. The molecule has 1 atom stereocenters. The van der Waals surface area contributed by atoms with Crippen LogP contribution in [0.2, 0.25) is 0 Å². The Morgan fingerprint density at radius 2 is 2.07 bits per heavy atom. The third kappa shape index (κ3) is 2.25. The van der Waals surface area contributed by atoms with Crippen LogP contribution >= 0.6 is 0 Å². The van der Waals surface area contributed by atoms with E-state index in [4.69, 9.17) is 5.73 Å². The summed E-state index contributed by atoms with van der Waals surface area (Å²) in [5, 5.41) is 0. The molecule has 0 saturated carbocycles. The van der Waals surface area contributed by atoms with Crippen LogP contribution in [0.4, 0.5) is 0 Å². The lowest BCUT2D eigenvalue weighted by Gasteiger charge is -2.11. The molecule has 78 valence electrons. The van der Waals surface area contributed by atoms with E-state index in [1.165, 1.54) is 5.56 Å². The van der Waals surface area contributed by atoms with Crippen LogP contribution in [-0.4, -0.2) is 9.55 Å². The number of hydrogen-bond donors (Lipinski definition) is 1. The second-order valence-electron chi connectivity index (χ2n) is 3.71. The Labute approximate surface area is 89.6 Å². The lowest BCUT2D eigenvalue weighted by molar-refractivity contribution is 0.675. The minimum Gasteiger partial charge on any atom is -0.346 e. The molecular weight excluding hydrogens is 186 g/mol. The summed E-state index contributed by atoms with van der Waals surface area (Å²) in [5.41, 5.74) is 8.28. The maximum atomic E-state index is 5.88. The van der Waals surface area contributed by atoms with Gasteiger partial charge in [0.05, 0.1) is 0 Å². The Hall–Kier alpha value is -1.61. The van der Waals surface area contributed by atoms with E-state index < -0.39 is 0 Å². The number of aromatic nitrogens is 2. The van der Waals surface area contributed by atoms with Crippen LogP contribution in [0, 0.1) is 0 Å². The highest BCUT2D eigenvalue weighted by Gasteiger charge is 2.05. The Morgan fingerprint density at radius 3 is 2.73 bits per heavy atom. The molecule has 0 aliphatic carbocycles. The Morgan fingerprint density at radius 1 is 1.33 bits per heavy atom. The van der Waals surface area contributed by atoms with E-state index in [2.05, 4.69) is 21.8 Å². The second kappa shape index (κ2) is 4.28. The summed E-state index contributed by atoms with van der Waals surface area (Å²) < 4.78 is 2.17. The van der Waals surface area contributed by atoms with Gasteiger partial charge in [0.1, 0.15) is 0 Å². The molecule has 0 bridgehead atoms. The summed E-state index contributed by atoms with van der Waals surface area (Å²) in [4.78, 5) is 4.00. The lowest BCUT2D eigenvalue weighted by atomic mass is 10.2. The average molecular weight is 201 g/mol. The molecule has 2 aromatic rings. The van der Waals surface area contributed by atoms with Crippen LogP contribution in [-0.2, 0) is 6.54 Å². The molecule has 2 rings (SSSR count). The van der Waals surface area contributed by atoms with Crippen molar-refractivity contribution in [3.63, 3.8) is 0 Å². The lowest BCUT2D eigenvalue weighted by Crippen LogP contribution is -2.12. The first-order chi connectivity index (χ1) is 7.27. The van der Waals surface area contributed by atoms with Gasteiger partial charge in [-0.05, 0) is 36.8 Å². The molecule has 0 aliphatic heterocycles. The number of nitrogens with two attached hydrogens (primary N) is 1. The highest BCUT2D eigenvalue weighted by Crippen LogP contribution is 2.12. The molecule has 15 heavy (non-hydrogen) atoms. The molecule has 0 fully saturated rings. The Kier molecular flexibility index (Phi) is 2.83. The van der Waals surface area contributed by atoms with Gasteiger partial charge in [0.2, 0.25) is 0 Å². The molecule has 2 N–H and O–H groups in total. The zero-order valence-electron chi connectivity index (χ0n) is 8.80. The fraction of sp³-hybridized carbons (Fsp3) is 0.250. The zero-order chi connectivity index (χ0) is 10.7. The summed E-state index contributed by atoms with van der Waals surface area (Å²) in [7, 11) is 0. The largest absolute Gasteiger partial charge is 0.346 e. The van der Waals surface area contributed by atoms with Gasteiger partial charge in [0.25, 0.3) is 0 Å². The smallest absolute Gasteiger partial charge is 0.0474 e. The van der Waals surface area contributed by atoms with Gasteiger partial charge in [-0.2, -0.15) is 0 Å². The van der Waals surface area contributed by atoms with Gasteiger partial charge in [-0.1, -0.05) is 0 Å². The Balaban J connectivity index is 2.21. The molecule has 3 heteroatoms. The molecule has 0 spiro atoms. The summed E-state index contributed by atoms with van der Waals surface area (Å²) in [6, 6.07) is 8.20. The summed E-state index contributed by atoms with van der Waals surface area (Å²) in [5.74, 6) is 0. The van der Waals surface area contributed by atoms with Gasteiger partial charge in [-0.15, -0.1) is 0 Å². The Bertz CT molecular complexity index is 417. The minimum absolute atomic E-state index is 0.0711. The first kappa shape index (κ1) is 9.93. The topological polar surface area (TPSA) is 43.8 Å². The molecule has 0 radical (unpaired) electrons. The molecule has 0 aromatic carbocycles. The molecule has 0 saturated heterocycles. The van der Waals surface area contributed by atoms with E-state index in [9.17, 15) is 0 Å². The number of rotatable bonds is 3. The third-order valence-electron chi connectivity index (χ3n) is 2.43. The number of hydrogen-bond acceptors (Lipinski definition) is 2. The van der Waals surface area contributed by atoms with E-state index in [0.29, 0.717) is 0 Å². The fourth-order valence-electron chi connectivity index (χ4n) is 1.67. The van der Waals surface area contributed by atoms with Crippen molar-refractivity contribution in [1.29, 1.82) is 0 Å². The van der Waals surface area contributed by atoms with Crippen LogP contribution in [0.15, 0.2) is 42.9 Å². The summed E-state index contributed by atoms with van der Waals surface area (Å²) in [6.07, 6.45) is 5.67. The van der Waals surface area contributed by atoms with Crippen molar-refractivity contribution in [2.75, 3.05) is 0 Å². The highest BCUT2D eigenvalue weighted by atomic mass is 15.0. The van der Waals surface area contributed by atoms with E-state index in [1.54, 1.807) is 0 Å². The van der Waals surface area contributed by atoms with Crippen LogP contribution in [0.5, 0.6) is 0 Å². The predicted molar refractivity (Wildman–Crippen MR) is 60.4 cm³/mol. The van der Waals surface area contributed by atoms with Crippen LogP contribution in [0.3, 0.4) is 0 Å². The first-order valence-electron chi connectivity index (χ1n) is 5.07. The monoisotopic (exact) mass is 201 g/mol. The quantitative estimate of drug-likeness (QED) is 0.824. The molecule has 1 unspecified atom stereocenters. The fourth-order valence-corrected chi connectivity index (χ4v) is 1.67. The van der Waals surface area contributed by atoms with Gasteiger partial charge in [-0.3, -0.25) is 4.98 Å². The van der Waals surface area contributed by atoms with E-state index in [1.807, 2.05) is 37.5 Å². The van der Waals surface area contributed by atoms with Crippen molar-refractivity contribution < 1.29 is 0 Å². The standard InChI is InChI=1S/C12H15N3/c1-10(13)12-3-2-8-15(12)9-11-4-6-14-7-5-11/h2-8,10H,9,13H2,1H3. The van der Waals surface area contributed by atoms with Gasteiger partial charge < -0.3 is 10.3 Å². The van der Waals surface area contributed by atoms with Crippen molar-refractivity contribution in [1.82, 2.24) is 9.55 Å². The molecule has 0 aliphatic rings. The summed E-state index contributed by atoms with van der Waals surface area (Å²) >= 11 is 0. The van der Waals surface area contributed by atoms with Crippen LogP contribution in [0.25, 0.3) is 0 Å². The van der Waals surface area contributed by atoms with Crippen molar-refractivity contribution in [3.05, 3.63) is 54.1 Å². The SMILES string of the molecule is CC(N)c1cccn1Cc1ccncc1. The average Bonchev–Trinajstić information content (AvgIpc) is 2.67. The van der Waals surface area contributed by atoms with Crippen molar-refractivity contribution in [2.45, 2.75) is 19.5 Å². The highest BCUT2D eigenvalue weighted by molar-refractivity contribution is 5.16.